The lowest BCUT2D eigenvalue weighted by Gasteiger charge is -2.18. The van der Waals surface area contributed by atoms with Crippen molar-refractivity contribution in [1.82, 2.24) is 0 Å². The average Bonchev–Trinajstić information content (AvgIpc) is 2.91. The lowest BCUT2D eigenvalue weighted by atomic mass is 10.2. The molecule has 20 heavy (non-hydrogen) atoms. The zero-order valence-corrected chi connectivity index (χ0v) is 11.3. The molecule has 2 amide bonds. The van der Waals surface area contributed by atoms with Crippen LogP contribution in [0.3, 0.4) is 0 Å². The number of benzene rings is 1. The second kappa shape index (κ2) is 5.34. The number of carbonyl (C=O) groups is 2. The van der Waals surface area contributed by atoms with Gasteiger partial charge >= 0.3 is 0 Å². The Labute approximate surface area is 119 Å². The van der Waals surface area contributed by atoms with Crippen LogP contribution in [0.5, 0.6) is 5.75 Å². The molecule has 1 aromatic heterocycles. The third-order valence-corrected chi connectivity index (χ3v) is 3.57. The Bertz CT molecular complexity index is 652. The van der Waals surface area contributed by atoms with Gasteiger partial charge in [0, 0.05) is 5.69 Å². The van der Waals surface area contributed by atoms with Gasteiger partial charge in [-0.25, -0.2) is 0 Å². The van der Waals surface area contributed by atoms with Crippen molar-refractivity contribution < 1.29 is 14.3 Å². The van der Waals surface area contributed by atoms with Crippen LogP contribution in [-0.4, -0.2) is 18.4 Å². The Balaban J connectivity index is 1.70. The molecule has 6 heteroatoms. The Kier molecular flexibility index (Phi) is 3.39. The number of ether oxygens (including phenoxy) is 1. The first-order chi connectivity index (χ1) is 9.70. The minimum atomic E-state index is -0.195. The molecule has 1 aliphatic heterocycles. The second-order valence-corrected chi connectivity index (χ2v) is 5.18. The Morgan fingerprint density at radius 3 is 3.10 bits per heavy atom. The number of anilines is 2. The van der Waals surface area contributed by atoms with Gasteiger partial charge in [-0.1, -0.05) is 0 Å². The van der Waals surface area contributed by atoms with Crippen LogP contribution >= 0.6 is 11.3 Å². The van der Waals surface area contributed by atoms with Crippen LogP contribution in [0.25, 0.3) is 0 Å². The summed E-state index contributed by atoms with van der Waals surface area (Å²) >= 11 is 1.56. The van der Waals surface area contributed by atoms with E-state index in [0.29, 0.717) is 23.5 Å². The lowest BCUT2D eigenvalue weighted by Crippen LogP contribution is -2.25. The van der Waals surface area contributed by atoms with E-state index in [1.807, 2.05) is 16.8 Å². The molecule has 0 atom stereocenters. The van der Waals surface area contributed by atoms with Crippen molar-refractivity contribution in [3.8, 4) is 5.75 Å². The maximum Gasteiger partial charge on any atom is 0.262 e. The molecule has 1 aliphatic rings. The lowest BCUT2D eigenvalue weighted by molar-refractivity contribution is -0.118. The number of amides is 2. The van der Waals surface area contributed by atoms with Crippen molar-refractivity contribution in [2.75, 3.05) is 17.2 Å². The molecule has 102 valence electrons. The van der Waals surface area contributed by atoms with E-state index in [9.17, 15) is 9.59 Å². The predicted octanol–water partition coefficient (Wildman–Crippen LogP) is 2.26. The van der Waals surface area contributed by atoms with Crippen molar-refractivity contribution in [2.24, 2.45) is 0 Å². The van der Waals surface area contributed by atoms with Crippen LogP contribution in [0, 0.1) is 0 Å². The van der Waals surface area contributed by atoms with Gasteiger partial charge in [-0.2, -0.15) is 11.3 Å². The molecule has 0 spiro atoms. The van der Waals surface area contributed by atoms with E-state index in [4.69, 9.17) is 4.74 Å². The summed E-state index contributed by atoms with van der Waals surface area (Å²) in [7, 11) is 0. The third-order valence-electron chi connectivity index (χ3n) is 2.84. The van der Waals surface area contributed by atoms with E-state index in [0.717, 1.165) is 5.56 Å². The second-order valence-electron chi connectivity index (χ2n) is 4.40. The van der Waals surface area contributed by atoms with Crippen LogP contribution in [-0.2, 0) is 16.0 Å². The molecule has 0 fully saturated rings. The van der Waals surface area contributed by atoms with Crippen molar-refractivity contribution in [3.05, 3.63) is 40.6 Å². The number of nitrogens with one attached hydrogen (secondary N) is 2. The number of rotatable bonds is 3. The summed E-state index contributed by atoms with van der Waals surface area (Å²) in [4.78, 5) is 23.1. The predicted molar refractivity (Wildman–Crippen MR) is 77.2 cm³/mol. The molecular formula is C14H12N2O3S. The molecule has 0 bridgehead atoms. The van der Waals surface area contributed by atoms with Gasteiger partial charge in [-0.05, 0) is 40.6 Å². The molecule has 5 nitrogen and oxygen atoms in total. The molecular weight excluding hydrogens is 276 g/mol. The monoisotopic (exact) mass is 288 g/mol. The highest BCUT2D eigenvalue weighted by atomic mass is 32.1. The van der Waals surface area contributed by atoms with E-state index in [1.54, 1.807) is 29.5 Å². The molecule has 2 N–H and O–H groups in total. The van der Waals surface area contributed by atoms with Gasteiger partial charge in [0.25, 0.3) is 5.91 Å². The topological polar surface area (TPSA) is 67.4 Å². The van der Waals surface area contributed by atoms with Gasteiger partial charge in [0.2, 0.25) is 5.91 Å². The van der Waals surface area contributed by atoms with Gasteiger partial charge in [-0.15, -0.1) is 0 Å². The molecule has 3 rings (SSSR count). The van der Waals surface area contributed by atoms with Crippen molar-refractivity contribution in [3.63, 3.8) is 0 Å². The van der Waals surface area contributed by atoms with E-state index in [1.165, 1.54) is 0 Å². The smallest absolute Gasteiger partial charge is 0.262 e. The highest BCUT2D eigenvalue weighted by molar-refractivity contribution is 7.08. The van der Waals surface area contributed by atoms with E-state index < -0.39 is 0 Å². The SMILES string of the molecule is O=C(Cc1ccsc1)Nc1ccc2c(c1)NC(=O)CO2. The number of hydrogen-bond acceptors (Lipinski definition) is 4. The Morgan fingerprint density at radius 1 is 1.40 bits per heavy atom. The fourth-order valence-corrected chi connectivity index (χ4v) is 2.61. The standard InChI is InChI=1S/C14H12N2O3S/c17-13(5-9-3-4-20-8-9)15-10-1-2-12-11(6-10)16-14(18)7-19-12/h1-4,6,8H,5,7H2,(H,15,17)(H,16,18). The van der Waals surface area contributed by atoms with Crippen molar-refractivity contribution >= 4 is 34.5 Å². The summed E-state index contributed by atoms with van der Waals surface area (Å²) in [5.74, 6) is 0.325. The van der Waals surface area contributed by atoms with Crippen LogP contribution in [0.2, 0.25) is 0 Å². The van der Waals surface area contributed by atoms with E-state index >= 15 is 0 Å². The maximum atomic E-state index is 11.9. The third kappa shape index (κ3) is 2.80. The highest BCUT2D eigenvalue weighted by Gasteiger charge is 2.16. The molecule has 0 radical (unpaired) electrons. The first-order valence-electron chi connectivity index (χ1n) is 6.08. The summed E-state index contributed by atoms with van der Waals surface area (Å²) < 4.78 is 5.26. The number of thiophene rings is 1. The minimum Gasteiger partial charge on any atom is -0.482 e. The summed E-state index contributed by atoms with van der Waals surface area (Å²) in [5, 5.41) is 9.39. The molecule has 0 saturated carbocycles. The van der Waals surface area contributed by atoms with E-state index in [-0.39, 0.29) is 18.4 Å². The quantitative estimate of drug-likeness (QED) is 0.910. The molecule has 0 aliphatic carbocycles. The zero-order chi connectivity index (χ0) is 13.9. The molecule has 1 aromatic carbocycles. The average molecular weight is 288 g/mol. The van der Waals surface area contributed by atoms with E-state index in [2.05, 4.69) is 10.6 Å². The Morgan fingerprint density at radius 2 is 2.30 bits per heavy atom. The van der Waals surface area contributed by atoms with Crippen LogP contribution in [0.4, 0.5) is 11.4 Å². The maximum absolute atomic E-state index is 11.9. The molecule has 2 aromatic rings. The largest absolute Gasteiger partial charge is 0.482 e. The summed E-state index contributed by atoms with van der Waals surface area (Å²) in [5.41, 5.74) is 2.20. The normalized spacial score (nSPS) is 13.1. The minimum absolute atomic E-state index is 0.0247. The molecule has 2 heterocycles. The van der Waals surface area contributed by atoms with Gasteiger partial charge in [0.15, 0.2) is 6.61 Å². The fraction of sp³-hybridized carbons (Fsp3) is 0.143. The van der Waals surface area contributed by atoms with Crippen LogP contribution in [0.1, 0.15) is 5.56 Å². The van der Waals surface area contributed by atoms with Gasteiger partial charge in [0.05, 0.1) is 12.1 Å². The number of hydrogen-bond donors (Lipinski definition) is 2. The first kappa shape index (κ1) is 12.7. The number of carbonyl (C=O) groups excluding carboxylic acids is 2. The molecule has 0 unspecified atom stereocenters. The fourth-order valence-electron chi connectivity index (χ4n) is 1.94. The number of fused-ring (bicyclic) bond motifs is 1. The van der Waals surface area contributed by atoms with Crippen LogP contribution < -0.4 is 15.4 Å². The Hall–Kier alpha value is -2.34. The summed E-state index contributed by atoms with van der Waals surface area (Å²) in [6, 6.07) is 7.10. The van der Waals surface area contributed by atoms with Crippen LogP contribution in [0.15, 0.2) is 35.0 Å². The molecule has 0 saturated heterocycles. The zero-order valence-electron chi connectivity index (χ0n) is 10.5. The van der Waals surface area contributed by atoms with Gasteiger partial charge in [-0.3, -0.25) is 9.59 Å². The van der Waals surface area contributed by atoms with Gasteiger partial charge < -0.3 is 15.4 Å². The summed E-state index contributed by atoms with van der Waals surface area (Å²) in [6.07, 6.45) is 0.337. The van der Waals surface area contributed by atoms with Crippen molar-refractivity contribution in [2.45, 2.75) is 6.42 Å². The highest BCUT2D eigenvalue weighted by Crippen LogP contribution is 2.30. The summed E-state index contributed by atoms with van der Waals surface area (Å²) in [6.45, 7) is 0.0247. The van der Waals surface area contributed by atoms with Gasteiger partial charge in [0.1, 0.15) is 5.75 Å². The first-order valence-corrected chi connectivity index (χ1v) is 7.02. The van der Waals surface area contributed by atoms with Crippen molar-refractivity contribution in [1.29, 1.82) is 0 Å².